The van der Waals surface area contributed by atoms with Crippen LogP contribution < -0.4 is 61.5 Å². The summed E-state index contributed by atoms with van der Waals surface area (Å²) in [5.74, 6) is 7.41. The molecule has 0 radical (unpaired) electrons. The number of nitrogens with one attached hydrogen (secondary N) is 8. The van der Waals surface area contributed by atoms with Crippen LogP contribution in [0, 0.1) is 75.0 Å². The highest BCUT2D eigenvalue weighted by Crippen LogP contribution is 2.47. The summed E-state index contributed by atoms with van der Waals surface area (Å²) in [5, 5.41) is 34.6. The van der Waals surface area contributed by atoms with Crippen molar-refractivity contribution in [2.24, 2.45) is 47.3 Å². The van der Waals surface area contributed by atoms with Crippen LogP contribution >= 0.6 is 0 Å². The van der Waals surface area contributed by atoms with Crippen molar-refractivity contribution in [3.05, 3.63) is 119 Å². The molecule has 72 heavy (non-hydrogen) atoms. The second kappa shape index (κ2) is 20.1. The van der Waals surface area contributed by atoms with Gasteiger partial charge < -0.3 is 18.9 Å². The zero-order valence-electron chi connectivity index (χ0n) is 42.9. The maximum absolute atomic E-state index is 6.87. The molecule has 0 spiro atoms. The molecular weight excluding hydrogens is 897 g/mol. The van der Waals surface area contributed by atoms with E-state index >= 15 is 0 Å². The predicted octanol–water partition coefficient (Wildman–Crippen LogP) is 8.07. The van der Waals surface area contributed by atoms with Gasteiger partial charge in [0.15, 0.2) is 0 Å². The summed E-state index contributed by atoms with van der Waals surface area (Å²) in [6.07, 6.45) is 14.5. The molecule has 4 aromatic rings. The van der Waals surface area contributed by atoms with Crippen molar-refractivity contribution in [1.82, 2.24) is 42.5 Å². The highest BCUT2D eigenvalue weighted by atomic mass is 16.5. The van der Waals surface area contributed by atoms with Gasteiger partial charge in [-0.2, -0.15) is 0 Å². The summed E-state index contributed by atoms with van der Waals surface area (Å²) < 4.78 is 27.4. The zero-order valence-corrected chi connectivity index (χ0v) is 42.9. The van der Waals surface area contributed by atoms with E-state index in [1.807, 2.05) is 0 Å². The number of aryl methyl sites for hydroxylation is 4. The van der Waals surface area contributed by atoms with Crippen molar-refractivity contribution in [1.29, 1.82) is 0 Å². The van der Waals surface area contributed by atoms with Gasteiger partial charge in [-0.05, 0) is 223 Å². The van der Waals surface area contributed by atoms with Crippen molar-refractivity contribution in [3.8, 4) is 23.0 Å². The minimum atomic E-state index is 0.102. The molecule has 13 rings (SSSR count). The number of benzene rings is 4. The molecule has 8 bridgehead atoms. The van der Waals surface area contributed by atoms with Gasteiger partial charge in [0.1, 0.15) is 23.0 Å². The van der Waals surface area contributed by atoms with E-state index in [-0.39, 0.29) is 73.7 Å². The monoisotopic (exact) mass is 977 g/mol. The van der Waals surface area contributed by atoms with Gasteiger partial charge in [0.25, 0.3) is 0 Å². The van der Waals surface area contributed by atoms with Gasteiger partial charge >= 0.3 is 0 Å². The molecule has 12 nitrogen and oxygen atoms in total. The lowest BCUT2D eigenvalue weighted by molar-refractivity contribution is 0.0622. The van der Waals surface area contributed by atoms with Gasteiger partial charge in [0.2, 0.25) is 0 Å². The number of hydrogen-bond donors (Lipinski definition) is 8. The molecule has 0 amide bonds. The largest absolute Gasteiger partial charge is 0.490 e. The normalized spacial score (nSPS) is 41.1. The topological polar surface area (TPSA) is 133 Å². The van der Waals surface area contributed by atoms with Crippen LogP contribution in [0.15, 0.2) is 97.1 Å². The van der Waals surface area contributed by atoms with E-state index in [0.29, 0.717) is 47.3 Å². The quantitative estimate of drug-likeness (QED) is 0.0869. The van der Waals surface area contributed by atoms with Crippen LogP contribution in [-0.4, -0.2) is 73.7 Å². The first-order chi connectivity index (χ1) is 35.2. The van der Waals surface area contributed by atoms with E-state index < -0.39 is 0 Å². The molecule has 4 saturated carbocycles. The Morgan fingerprint density at radius 3 is 0.694 bits per heavy atom. The third kappa shape index (κ3) is 9.80. The van der Waals surface area contributed by atoms with Crippen LogP contribution in [0.1, 0.15) is 99.3 Å². The van der Waals surface area contributed by atoms with E-state index in [1.165, 1.54) is 22.3 Å². The molecule has 9 aliphatic rings. The molecule has 5 saturated heterocycles. The standard InChI is InChI=1S/C60H80N8O4/c1-33-9-5-13-37(25-33)69-41-17-21-45-49(29-41)57-62-53(45)61-54-46-22-18-42(70-38-14-6-10-34(2)26-38)30-50(46)58(63-54)65-56-48-24-20-44(72-40-16-8-12-36(4)28-40)32-52(48)60(67-56)68-59-51-31-43(19-23-47(51)55(64-57)66-59)71-39-15-7-11-35(3)27-39/h5-16,25-28,41-68H,17-24,29-32H2,1-4H3. The van der Waals surface area contributed by atoms with Crippen molar-refractivity contribution < 1.29 is 18.9 Å². The maximum Gasteiger partial charge on any atom is 0.119 e. The lowest BCUT2D eigenvalue weighted by atomic mass is 9.75. The first kappa shape index (κ1) is 47.5. The van der Waals surface area contributed by atoms with Gasteiger partial charge in [0.05, 0.1) is 73.7 Å². The summed E-state index contributed by atoms with van der Waals surface area (Å²) in [7, 11) is 0. The fourth-order valence-electron chi connectivity index (χ4n) is 15.8. The second-order valence-corrected chi connectivity index (χ2v) is 23.9. The van der Waals surface area contributed by atoms with E-state index in [0.717, 1.165) is 100 Å². The Bertz CT molecular complexity index is 2360. The second-order valence-electron chi connectivity index (χ2n) is 23.9. The molecule has 384 valence electrons. The van der Waals surface area contributed by atoms with Gasteiger partial charge in [-0.15, -0.1) is 0 Å². The lowest BCUT2D eigenvalue weighted by Gasteiger charge is -2.39. The van der Waals surface area contributed by atoms with Crippen molar-refractivity contribution >= 4 is 0 Å². The molecule has 4 aliphatic carbocycles. The molecule has 20 atom stereocenters. The van der Waals surface area contributed by atoms with Gasteiger partial charge in [-0.1, -0.05) is 48.5 Å². The van der Waals surface area contributed by atoms with Gasteiger partial charge in [-0.3, -0.25) is 42.5 Å². The van der Waals surface area contributed by atoms with E-state index in [1.54, 1.807) is 0 Å². The minimum absolute atomic E-state index is 0.102. The number of fused-ring (bicyclic) bond motifs is 20. The Balaban J connectivity index is 0.823. The Morgan fingerprint density at radius 1 is 0.278 bits per heavy atom. The van der Waals surface area contributed by atoms with Crippen molar-refractivity contribution in [2.45, 2.75) is 178 Å². The molecule has 0 aromatic heterocycles. The Hall–Kier alpha value is -4.24. The van der Waals surface area contributed by atoms with Crippen LogP contribution in [0.3, 0.4) is 0 Å². The highest BCUT2D eigenvalue weighted by Gasteiger charge is 2.57. The smallest absolute Gasteiger partial charge is 0.119 e. The third-order valence-corrected chi connectivity index (χ3v) is 19.1. The SMILES string of the molecule is Cc1cccc(OC2CCC3C4NC5NC(NC6NC(NC7NC(NC(N4)C3C2)C2CCC(Oc3cccc(C)c3)CC72)C2CC(Oc3cccc(C)c3)CCC62)C2CC(Oc3cccc(C)c3)CCC52)c1. The van der Waals surface area contributed by atoms with E-state index in [4.69, 9.17) is 18.9 Å². The summed E-state index contributed by atoms with van der Waals surface area (Å²) in [5.41, 5.74) is 4.95. The number of ether oxygens (including phenoxy) is 4. The predicted molar refractivity (Wildman–Crippen MR) is 281 cm³/mol. The third-order valence-electron chi connectivity index (χ3n) is 19.1. The van der Waals surface area contributed by atoms with Crippen molar-refractivity contribution in [3.63, 3.8) is 0 Å². The maximum atomic E-state index is 6.87. The molecule has 8 N–H and O–H groups in total. The molecule has 12 heteroatoms. The Labute approximate surface area is 428 Å². The van der Waals surface area contributed by atoms with E-state index in [9.17, 15) is 0 Å². The highest BCUT2D eigenvalue weighted by molar-refractivity contribution is 5.31. The lowest BCUT2D eigenvalue weighted by Crippen LogP contribution is -2.61. The van der Waals surface area contributed by atoms with Crippen molar-refractivity contribution in [2.75, 3.05) is 0 Å². The van der Waals surface area contributed by atoms with E-state index in [2.05, 4.69) is 167 Å². The molecule has 5 aliphatic heterocycles. The van der Waals surface area contributed by atoms with Crippen LogP contribution in [0.2, 0.25) is 0 Å². The molecule has 20 unspecified atom stereocenters. The molecule has 9 fully saturated rings. The number of rotatable bonds is 8. The van der Waals surface area contributed by atoms with Gasteiger partial charge in [-0.25, -0.2) is 0 Å². The average molecular weight is 977 g/mol. The van der Waals surface area contributed by atoms with Crippen LogP contribution in [-0.2, 0) is 0 Å². The van der Waals surface area contributed by atoms with Gasteiger partial charge in [0, 0.05) is 0 Å². The summed E-state index contributed by atoms with van der Waals surface area (Å²) in [4.78, 5) is 0. The Morgan fingerprint density at radius 2 is 0.486 bits per heavy atom. The first-order valence-electron chi connectivity index (χ1n) is 28.2. The average Bonchev–Trinajstić information content (AvgIpc) is 4.09. The molecule has 5 heterocycles. The fraction of sp³-hybridized carbons (Fsp3) is 0.600. The first-order valence-corrected chi connectivity index (χ1v) is 28.2. The fourth-order valence-corrected chi connectivity index (χ4v) is 15.8. The van der Waals surface area contributed by atoms with Crippen LogP contribution in [0.25, 0.3) is 0 Å². The van der Waals surface area contributed by atoms with Crippen LogP contribution in [0.4, 0.5) is 0 Å². The minimum Gasteiger partial charge on any atom is -0.490 e. The zero-order chi connectivity index (χ0) is 48.5. The Kier molecular flexibility index (Phi) is 13.3. The van der Waals surface area contributed by atoms with Crippen LogP contribution in [0.5, 0.6) is 23.0 Å². The summed E-state index contributed by atoms with van der Waals surface area (Å²) in [6, 6.07) is 34.5. The molecule has 4 aromatic carbocycles. The molecular formula is C60H80N8O4. The summed E-state index contributed by atoms with van der Waals surface area (Å²) in [6.45, 7) is 8.63. The number of hydrogen-bond acceptors (Lipinski definition) is 12. The summed E-state index contributed by atoms with van der Waals surface area (Å²) >= 11 is 0.